The average molecular weight is 207 g/mol. The van der Waals surface area contributed by atoms with Crippen LogP contribution in [0.15, 0.2) is 30.3 Å². The predicted molar refractivity (Wildman–Crippen MR) is 63.8 cm³/mol. The zero-order chi connectivity index (χ0) is 11.3. The van der Waals surface area contributed by atoms with Crippen LogP contribution in [0.4, 0.5) is 0 Å². The molecule has 0 aliphatic heterocycles. The highest BCUT2D eigenvalue weighted by Gasteiger charge is 2.24. The molecule has 0 saturated heterocycles. The fraction of sp³-hybridized carbons (Fsp3) is 0.538. The monoisotopic (exact) mass is 207 g/mol. The van der Waals surface area contributed by atoms with Crippen molar-refractivity contribution in [1.82, 2.24) is 4.90 Å². The number of rotatable bonds is 5. The molecule has 1 unspecified atom stereocenters. The molecule has 0 spiro atoms. The van der Waals surface area contributed by atoms with Gasteiger partial charge in [0.2, 0.25) is 0 Å². The van der Waals surface area contributed by atoms with E-state index in [1.54, 1.807) is 0 Å². The van der Waals surface area contributed by atoms with Crippen molar-refractivity contribution in [1.29, 1.82) is 0 Å². The van der Waals surface area contributed by atoms with E-state index in [4.69, 9.17) is 0 Å². The zero-order valence-corrected chi connectivity index (χ0v) is 9.90. The second kappa shape index (κ2) is 5.29. The Hall–Kier alpha value is -0.860. The molecule has 2 heteroatoms. The van der Waals surface area contributed by atoms with Crippen molar-refractivity contribution >= 4 is 0 Å². The van der Waals surface area contributed by atoms with Crippen molar-refractivity contribution in [2.75, 3.05) is 19.6 Å². The molecular weight excluding hydrogens is 186 g/mol. The normalized spacial score (nSPS) is 15.3. The summed E-state index contributed by atoms with van der Waals surface area (Å²) in [6.07, 6.45) is 0. The fourth-order valence-corrected chi connectivity index (χ4v) is 1.77. The molecule has 0 saturated carbocycles. The first-order chi connectivity index (χ1) is 7.10. The van der Waals surface area contributed by atoms with Gasteiger partial charge in [-0.3, -0.25) is 0 Å². The molecule has 1 atom stereocenters. The van der Waals surface area contributed by atoms with Gasteiger partial charge in [-0.05, 0) is 25.6 Å². The highest BCUT2D eigenvalue weighted by Crippen LogP contribution is 2.21. The number of hydrogen-bond donors (Lipinski definition) is 1. The molecule has 15 heavy (non-hydrogen) atoms. The second-order valence-electron chi connectivity index (χ2n) is 4.10. The first kappa shape index (κ1) is 12.2. The SMILES string of the molecule is CCN(CC)CC(C)(O)c1ccccc1. The van der Waals surface area contributed by atoms with Gasteiger partial charge in [0.25, 0.3) is 0 Å². The lowest BCUT2D eigenvalue weighted by Crippen LogP contribution is -2.38. The van der Waals surface area contributed by atoms with Crippen LogP contribution in [-0.4, -0.2) is 29.6 Å². The molecule has 1 aromatic rings. The maximum Gasteiger partial charge on any atom is 0.0994 e. The van der Waals surface area contributed by atoms with Crippen LogP contribution in [0.1, 0.15) is 26.3 Å². The van der Waals surface area contributed by atoms with Crippen LogP contribution in [0.5, 0.6) is 0 Å². The smallest absolute Gasteiger partial charge is 0.0994 e. The summed E-state index contributed by atoms with van der Waals surface area (Å²) in [4.78, 5) is 2.23. The Kier molecular flexibility index (Phi) is 4.30. The standard InChI is InChI=1S/C13H21NO/c1-4-14(5-2)11-13(3,15)12-9-7-6-8-10-12/h6-10,15H,4-5,11H2,1-3H3. The fourth-order valence-electron chi connectivity index (χ4n) is 1.77. The first-order valence-corrected chi connectivity index (χ1v) is 5.60. The third kappa shape index (κ3) is 3.33. The van der Waals surface area contributed by atoms with Crippen LogP contribution in [0, 0.1) is 0 Å². The lowest BCUT2D eigenvalue weighted by atomic mass is 9.95. The number of likely N-dealkylation sites (N-methyl/N-ethyl adjacent to an activating group) is 1. The first-order valence-electron chi connectivity index (χ1n) is 5.60. The van der Waals surface area contributed by atoms with E-state index in [9.17, 15) is 5.11 Å². The van der Waals surface area contributed by atoms with Gasteiger partial charge in [-0.25, -0.2) is 0 Å². The topological polar surface area (TPSA) is 23.5 Å². The van der Waals surface area contributed by atoms with Crippen molar-refractivity contribution in [2.45, 2.75) is 26.4 Å². The van der Waals surface area contributed by atoms with E-state index < -0.39 is 5.60 Å². The third-order valence-corrected chi connectivity index (χ3v) is 2.82. The molecule has 0 heterocycles. The minimum atomic E-state index is -0.757. The summed E-state index contributed by atoms with van der Waals surface area (Å²) in [5.74, 6) is 0. The van der Waals surface area contributed by atoms with Crippen molar-refractivity contribution in [2.24, 2.45) is 0 Å². The molecule has 0 bridgehead atoms. The molecule has 1 rings (SSSR count). The highest BCUT2D eigenvalue weighted by molar-refractivity contribution is 5.21. The van der Waals surface area contributed by atoms with Crippen molar-refractivity contribution in [3.05, 3.63) is 35.9 Å². The van der Waals surface area contributed by atoms with E-state index in [-0.39, 0.29) is 0 Å². The lowest BCUT2D eigenvalue weighted by Gasteiger charge is -2.30. The quantitative estimate of drug-likeness (QED) is 0.800. The highest BCUT2D eigenvalue weighted by atomic mass is 16.3. The molecule has 84 valence electrons. The maximum absolute atomic E-state index is 10.4. The Morgan fingerprint density at radius 3 is 2.13 bits per heavy atom. The number of nitrogens with zero attached hydrogens (tertiary/aromatic N) is 1. The van der Waals surface area contributed by atoms with Gasteiger partial charge in [0, 0.05) is 6.54 Å². The van der Waals surface area contributed by atoms with E-state index in [1.807, 2.05) is 37.3 Å². The Labute approximate surface area is 92.5 Å². The van der Waals surface area contributed by atoms with Crippen LogP contribution < -0.4 is 0 Å². The maximum atomic E-state index is 10.4. The van der Waals surface area contributed by atoms with Gasteiger partial charge in [-0.2, -0.15) is 0 Å². The summed E-state index contributed by atoms with van der Waals surface area (Å²) < 4.78 is 0. The number of aliphatic hydroxyl groups is 1. The van der Waals surface area contributed by atoms with E-state index >= 15 is 0 Å². The molecule has 0 amide bonds. The van der Waals surface area contributed by atoms with Crippen molar-refractivity contribution < 1.29 is 5.11 Å². The van der Waals surface area contributed by atoms with E-state index in [2.05, 4.69) is 18.7 Å². The van der Waals surface area contributed by atoms with Crippen LogP contribution >= 0.6 is 0 Å². The third-order valence-electron chi connectivity index (χ3n) is 2.82. The van der Waals surface area contributed by atoms with Crippen LogP contribution in [0.3, 0.4) is 0 Å². The largest absolute Gasteiger partial charge is 0.384 e. The molecule has 0 fully saturated rings. The van der Waals surface area contributed by atoms with Crippen molar-refractivity contribution in [3.8, 4) is 0 Å². The Morgan fingerprint density at radius 2 is 1.67 bits per heavy atom. The molecule has 0 radical (unpaired) electrons. The summed E-state index contributed by atoms with van der Waals surface area (Å²) >= 11 is 0. The Balaban J connectivity index is 2.74. The molecule has 0 aliphatic rings. The predicted octanol–water partition coefficient (Wildman–Crippen LogP) is 2.24. The average Bonchev–Trinajstić information content (AvgIpc) is 2.27. The second-order valence-corrected chi connectivity index (χ2v) is 4.10. The van der Waals surface area contributed by atoms with Crippen LogP contribution in [0.25, 0.3) is 0 Å². The summed E-state index contributed by atoms with van der Waals surface area (Å²) in [7, 11) is 0. The van der Waals surface area contributed by atoms with Gasteiger partial charge in [-0.1, -0.05) is 44.2 Å². The zero-order valence-electron chi connectivity index (χ0n) is 9.90. The van der Waals surface area contributed by atoms with E-state index in [0.717, 1.165) is 18.7 Å². The summed E-state index contributed by atoms with van der Waals surface area (Å²) in [5.41, 5.74) is 0.227. The minimum absolute atomic E-state index is 0.685. The summed E-state index contributed by atoms with van der Waals surface area (Å²) in [6.45, 7) is 8.73. The number of benzene rings is 1. The Bertz CT molecular complexity index is 278. The number of hydrogen-bond acceptors (Lipinski definition) is 2. The molecular formula is C13H21NO. The van der Waals surface area contributed by atoms with Gasteiger partial charge in [-0.15, -0.1) is 0 Å². The van der Waals surface area contributed by atoms with Gasteiger partial charge >= 0.3 is 0 Å². The Morgan fingerprint density at radius 1 is 1.13 bits per heavy atom. The summed E-state index contributed by atoms with van der Waals surface area (Å²) in [6, 6.07) is 9.85. The van der Waals surface area contributed by atoms with E-state index in [0.29, 0.717) is 6.54 Å². The van der Waals surface area contributed by atoms with Gasteiger partial charge in [0.1, 0.15) is 0 Å². The lowest BCUT2D eigenvalue weighted by molar-refractivity contribution is 0.0188. The van der Waals surface area contributed by atoms with Gasteiger partial charge < -0.3 is 10.0 Å². The molecule has 2 nitrogen and oxygen atoms in total. The minimum Gasteiger partial charge on any atom is -0.384 e. The van der Waals surface area contributed by atoms with Crippen LogP contribution in [-0.2, 0) is 5.60 Å². The van der Waals surface area contributed by atoms with Gasteiger partial charge in [0.15, 0.2) is 0 Å². The van der Waals surface area contributed by atoms with Crippen LogP contribution in [0.2, 0.25) is 0 Å². The van der Waals surface area contributed by atoms with Crippen molar-refractivity contribution in [3.63, 3.8) is 0 Å². The molecule has 1 N–H and O–H groups in total. The summed E-state index contributed by atoms with van der Waals surface area (Å²) in [5, 5.41) is 10.4. The molecule has 0 aromatic heterocycles. The molecule has 1 aromatic carbocycles. The molecule has 0 aliphatic carbocycles. The van der Waals surface area contributed by atoms with E-state index in [1.165, 1.54) is 0 Å². The van der Waals surface area contributed by atoms with Gasteiger partial charge in [0.05, 0.1) is 5.60 Å².